The van der Waals surface area contributed by atoms with Crippen LogP contribution in [0.15, 0.2) is 21.9 Å². The van der Waals surface area contributed by atoms with Crippen molar-refractivity contribution in [3.05, 3.63) is 34.2 Å². The molecule has 0 spiro atoms. The van der Waals surface area contributed by atoms with E-state index in [-0.39, 0.29) is 0 Å². The summed E-state index contributed by atoms with van der Waals surface area (Å²) in [5.41, 5.74) is 0. The molecule has 4 nitrogen and oxygen atoms in total. The molecule has 1 fully saturated rings. The van der Waals surface area contributed by atoms with E-state index >= 15 is 0 Å². The van der Waals surface area contributed by atoms with Gasteiger partial charge in [-0.3, -0.25) is 4.90 Å². The number of hydrogen-bond donors (Lipinski definition) is 0. The molecule has 1 atom stereocenters. The monoisotopic (exact) mass is 277 g/mol. The molecule has 3 heterocycles. The smallest absolute Gasteiger partial charge is 0.220 e. The Bertz CT molecular complexity index is 509. The molecule has 5 heteroatoms. The molecule has 0 radical (unpaired) electrons. The van der Waals surface area contributed by atoms with Crippen molar-refractivity contribution in [2.24, 2.45) is 0 Å². The summed E-state index contributed by atoms with van der Waals surface area (Å²) in [4.78, 5) is 3.90. The van der Waals surface area contributed by atoms with Crippen LogP contribution < -0.4 is 0 Å². The highest BCUT2D eigenvalue weighted by molar-refractivity contribution is 7.09. The van der Waals surface area contributed by atoms with E-state index in [0.717, 1.165) is 50.7 Å². The van der Waals surface area contributed by atoms with E-state index in [1.165, 1.54) is 4.88 Å². The fourth-order valence-electron chi connectivity index (χ4n) is 2.55. The van der Waals surface area contributed by atoms with Crippen molar-refractivity contribution in [2.45, 2.75) is 38.6 Å². The van der Waals surface area contributed by atoms with Crippen LogP contribution in [-0.4, -0.2) is 28.2 Å². The lowest BCUT2D eigenvalue weighted by molar-refractivity contribution is 0.321. The number of hydrogen-bond acceptors (Lipinski definition) is 5. The van der Waals surface area contributed by atoms with E-state index in [4.69, 9.17) is 4.42 Å². The molecule has 2 aromatic heterocycles. The molecule has 1 aliphatic rings. The van der Waals surface area contributed by atoms with Gasteiger partial charge in [-0.2, -0.15) is 0 Å². The zero-order valence-electron chi connectivity index (χ0n) is 11.2. The Morgan fingerprint density at radius 2 is 2.42 bits per heavy atom. The van der Waals surface area contributed by atoms with Crippen LogP contribution in [0.2, 0.25) is 0 Å². The van der Waals surface area contributed by atoms with Crippen LogP contribution in [0.4, 0.5) is 0 Å². The van der Waals surface area contributed by atoms with Gasteiger partial charge in [0.2, 0.25) is 11.8 Å². The minimum atomic E-state index is 0.415. The van der Waals surface area contributed by atoms with Crippen molar-refractivity contribution in [3.8, 4) is 0 Å². The number of aromatic nitrogens is 2. The Labute approximate surface area is 117 Å². The molecule has 1 aliphatic heterocycles. The maximum atomic E-state index is 5.75. The molecule has 0 saturated carbocycles. The predicted octanol–water partition coefficient (Wildman–Crippen LogP) is 3.07. The lowest BCUT2D eigenvalue weighted by atomic mass is 10.1. The highest BCUT2D eigenvalue weighted by Crippen LogP contribution is 2.28. The first-order valence-corrected chi connectivity index (χ1v) is 7.80. The summed E-state index contributed by atoms with van der Waals surface area (Å²) in [5, 5.41) is 10.5. The summed E-state index contributed by atoms with van der Waals surface area (Å²) in [7, 11) is 0. The van der Waals surface area contributed by atoms with Crippen LogP contribution in [-0.2, 0) is 13.0 Å². The first-order chi connectivity index (χ1) is 9.35. The van der Waals surface area contributed by atoms with Gasteiger partial charge in [-0.25, -0.2) is 0 Å². The Morgan fingerprint density at radius 3 is 3.21 bits per heavy atom. The van der Waals surface area contributed by atoms with Crippen LogP contribution in [0.3, 0.4) is 0 Å². The predicted molar refractivity (Wildman–Crippen MR) is 75.2 cm³/mol. The maximum Gasteiger partial charge on any atom is 0.220 e. The van der Waals surface area contributed by atoms with E-state index in [0.29, 0.717) is 5.92 Å². The largest absolute Gasteiger partial charge is 0.425 e. The first-order valence-electron chi connectivity index (χ1n) is 6.92. The minimum absolute atomic E-state index is 0.415. The van der Waals surface area contributed by atoms with Gasteiger partial charge in [0.1, 0.15) is 0 Å². The van der Waals surface area contributed by atoms with Crippen LogP contribution in [0.25, 0.3) is 0 Å². The van der Waals surface area contributed by atoms with Crippen molar-refractivity contribution in [3.63, 3.8) is 0 Å². The summed E-state index contributed by atoms with van der Waals surface area (Å²) >= 11 is 1.82. The van der Waals surface area contributed by atoms with Crippen molar-refractivity contribution in [2.75, 3.05) is 13.1 Å². The first kappa shape index (κ1) is 12.8. The highest BCUT2D eigenvalue weighted by atomic mass is 32.1. The highest BCUT2D eigenvalue weighted by Gasteiger charge is 2.28. The topological polar surface area (TPSA) is 42.2 Å². The van der Waals surface area contributed by atoms with Crippen LogP contribution in [0, 0.1) is 0 Å². The molecule has 0 N–H and O–H groups in total. The molecule has 0 bridgehead atoms. The standard InChI is InChI=1S/C14H19N3OS/c1-2-4-13-15-16-14(18-13)11-6-7-17(9-11)10-12-5-3-8-19-12/h3,5,8,11H,2,4,6-7,9-10H2,1H3/t11-/m0/s1. The summed E-state index contributed by atoms with van der Waals surface area (Å²) in [6.45, 7) is 5.33. The van der Waals surface area contributed by atoms with E-state index in [1.807, 2.05) is 11.3 Å². The molecule has 19 heavy (non-hydrogen) atoms. The molecule has 1 saturated heterocycles. The second-order valence-electron chi connectivity index (χ2n) is 5.08. The summed E-state index contributed by atoms with van der Waals surface area (Å²) < 4.78 is 5.75. The molecule has 0 aliphatic carbocycles. The Kier molecular flexibility index (Phi) is 3.94. The summed E-state index contributed by atoms with van der Waals surface area (Å²) in [6.07, 6.45) is 3.06. The summed E-state index contributed by atoms with van der Waals surface area (Å²) in [6, 6.07) is 4.31. The van der Waals surface area contributed by atoms with Crippen molar-refractivity contribution < 1.29 is 4.42 Å². The normalized spacial score (nSPS) is 20.2. The van der Waals surface area contributed by atoms with E-state index < -0.39 is 0 Å². The average molecular weight is 277 g/mol. The van der Waals surface area contributed by atoms with Crippen LogP contribution in [0.1, 0.15) is 42.3 Å². The maximum absolute atomic E-state index is 5.75. The number of nitrogens with zero attached hydrogens (tertiary/aromatic N) is 3. The van der Waals surface area contributed by atoms with Gasteiger partial charge < -0.3 is 4.42 Å². The molecule has 3 rings (SSSR count). The molecule has 102 valence electrons. The number of aryl methyl sites for hydroxylation is 1. The Balaban J connectivity index is 1.58. The molecule has 2 aromatic rings. The third-order valence-corrected chi connectivity index (χ3v) is 4.39. The fourth-order valence-corrected chi connectivity index (χ4v) is 3.29. The van der Waals surface area contributed by atoms with Crippen LogP contribution in [0.5, 0.6) is 0 Å². The number of thiophene rings is 1. The zero-order chi connectivity index (χ0) is 13.1. The van der Waals surface area contributed by atoms with Gasteiger partial charge in [-0.1, -0.05) is 13.0 Å². The van der Waals surface area contributed by atoms with E-state index in [2.05, 4.69) is 39.5 Å². The van der Waals surface area contributed by atoms with Crippen molar-refractivity contribution in [1.29, 1.82) is 0 Å². The number of rotatable bonds is 5. The molecular weight excluding hydrogens is 258 g/mol. The SMILES string of the molecule is CCCc1nnc([C@H]2CCN(Cc3cccs3)C2)o1. The lowest BCUT2D eigenvalue weighted by Gasteiger charge is -2.13. The lowest BCUT2D eigenvalue weighted by Crippen LogP contribution is -2.19. The number of likely N-dealkylation sites (tertiary alicyclic amines) is 1. The van der Waals surface area contributed by atoms with Crippen LogP contribution >= 0.6 is 11.3 Å². The van der Waals surface area contributed by atoms with Gasteiger partial charge in [0.05, 0.1) is 5.92 Å². The third-order valence-electron chi connectivity index (χ3n) is 3.53. The van der Waals surface area contributed by atoms with Gasteiger partial charge in [0, 0.05) is 24.4 Å². The van der Waals surface area contributed by atoms with Gasteiger partial charge in [-0.15, -0.1) is 21.5 Å². The molecule has 0 aromatic carbocycles. The molecular formula is C14H19N3OS. The fraction of sp³-hybridized carbons (Fsp3) is 0.571. The van der Waals surface area contributed by atoms with Crippen molar-refractivity contribution in [1.82, 2.24) is 15.1 Å². The van der Waals surface area contributed by atoms with E-state index in [1.54, 1.807) is 0 Å². The minimum Gasteiger partial charge on any atom is -0.425 e. The second kappa shape index (κ2) is 5.84. The second-order valence-corrected chi connectivity index (χ2v) is 6.12. The van der Waals surface area contributed by atoms with Gasteiger partial charge in [0.25, 0.3) is 0 Å². The quantitative estimate of drug-likeness (QED) is 0.842. The van der Waals surface area contributed by atoms with Crippen molar-refractivity contribution >= 4 is 11.3 Å². The van der Waals surface area contributed by atoms with Gasteiger partial charge in [-0.05, 0) is 30.8 Å². The summed E-state index contributed by atoms with van der Waals surface area (Å²) in [5.74, 6) is 2.03. The zero-order valence-corrected chi connectivity index (χ0v) is 12.0. The van der Waals surface area contributed by atoms with Gasteiger partial charge >= 0.3 is 0 Å². The third kappa shape index (κ3) is 3.04. The Hall–Kier alpha value is -1.20. The Morgan fingerprint density at radius 1 is 1.47 bits per heavy atom. The van der Waals surface area contributed by atoms with Gasteiger partial charge in [0.15, 0.2) is 0 Å². The molecule has 0 unspecified atom stereocenters. The molecule has 0 amide bonds. The average Bonchev–Trinajstić information content (AvgIpc) is 3.10. The van der Waals surface area contributed by atoms with E-state index in [9.17, 15) is 0 Å².